The van der Waals surface area contributed by atoms with Crippen LogP contribution >= 0.6 is 0 Å². The summed E-state index contributed by atoms with van der Waals surface area (Å²) in [5.41, 5.74) is 4.25. The lowest BCUT2D eigenvalue weighted by Gasteiger charge is -2.09. The topological polar surface area (TPSA) is 79.4 Å². The maximum Gasteiger partial charge on any atom is 0.346 e. The summed E-state index contributed by atoms with van der Waals surface area (Å²) in [5, 5.41) is 4.12. The second-order valence-corrected chi connectivity index (χ2v) is 4.97. The number of aromatic amines is 1. The lowest BCUT2D eigenvalue weighted by molar-refractivity contribution is 0.306. The van der Waals surface area contributed by atoms with E-state index in [1.54, 1.807) is 12.3 Å². The first-order valence-corrected chi connectivity index (χ1v) is 7.41. The Morgan fingerprint density at radius 2 is 1.88 bits per heavy atom. The molecule has 0 radical (unpaired) electrons. The molecule has 1 heterocycles. The summed E-state index contributed by atoms with van der Waals surface area (Å²) in [5.74, 6) is 1.20. The van der Waals surface area contributed by atoms with E-state index in [2.05, 4.69) is 20.5 Å². The molecular formula is C18H16N4O2. The van der Waals surface area contributed by atoms with Gasteiger partial charge in [-0.2, -0.15) is 5.10 Å². The molecule has 6 nitrogen and oxygen atoms in total. The standard InChI is InChI=1S/C18H16N4O2/c23-18-19-11-10-17(21-18)22-20-12-15-8-4-5-9-16(15)24-13-14-6-2-1-3-7-14/h1-12H,13H2,(H2,19,21,22,23)/b20-12-. The monoisotopic (exact) mass is 320 g/mol. The molecule has 0 aliphatic heterocycles. The molecule has 24 heavy (non-hydrogen) atoms. The van der Waals surface area contributed by atoms with Gasteiger partial charge in [-0.3, -0.25) is 10.4 Å². The van der Waals surface area contributed by atoms with Gasteiger partial charge < -0.3 is 4.74 Å². The summed E-state index contributed by atoms with van der Waals surface area (Å²) in [7, 11) is 0. The zero-order chi connectivity index (χ0) is 16.6. The van der Waals surface area contributed by atoms with Crippen LogP contribution in [-0.4, -0.2) is 16.2 Å². The number of para-hydroxylation sites is 1. The minimum absolute atomic E-state index is 0.429. The van der Waals surface area contributed by atoms with Gasteiger partial charge in [-0.15, -0.1) is 0 Å². The summed E-state index contributed by atoms with van der Waals surface area (Å²) in [6.45, 7) is 0.483. The molecule has 1 aromatic heterocycles. The predicted molar refractivity (Wildman–Crippen MR) is 93.3 cm³/mol. The normalized spacial score (nSPS) is 10.7. The molecule has 0 unspecified atom stereocenters. The third kappa shape index (κ3) is 4.30. The van der Waals surface area contributed by atoms with Crippen LogP contribution in [0.5, 0.6) is 5.75 Å². The van der Waals surface area contributed by atoms with Crippen LogP contribution in [0.15, 0.2) is 76.8 Å². The summed E-state index contributed by atoms with van der Waals surface area (Å²) >= 11 is 0. The van der Waals surface area contributed by atoms with Crippen LogP contribution in [0.25, 0.3) is 0 Å². The molecule has 0 saturated heterocycles. The van der Waals surface area contributed by atoms with Crippen molar-refractivity contribution in [3.63, 3.8) is 0 Å². The lowest BCUT2D eigenvalue weighted by Crippen LogP contribution is -2.10. The number of hydrogen-bond acceptors (Lipinski definition) is 5. The van der Waals surface area contributed by atoms with Gasteiger partial charge in [0.25, 0.3) is 0 Å². The number of nitrogens with zero attached hydrogens (tertiary/aromatic N) is 2. The Hall–Kier alpha value is -3.41. The molecule has 3 aromatic rings. The highest BCUT2D eigenvalue weighted by molar-refractivity contribution is 5.83. The van der Waals surface area contributed by atoms with Crippen molar-refractivity contribution in [3.05, 3.63) is 88.5 Å². The predicted octanol–water partition coefficient (Wildman–Crippen LogP) is 2.79. The molecule has 2 N–H and O–H groups in total. The van der Waals surface area contributed by atoms with E-state index in [4.69, 9.17) is 4.74 Å². The SMILES string of the molecule is O=c1nccc(N/N=C\c2ccccc2OCc2ccccc2)[nH]1. The van der Waals surface area contributed by atoms with Crippen LogP contribution < -0.4 is 15.9 Å². The average Bonchev–Trinajstić information content (AvgIpc) is 2.62. The van der Waals surface area contributed by atoms with Gasteiger partial charge in [0.2, 0.25) is 0 Å². The Labute approximate surface area is 138 Å². The number of nitrogens with one attached hydrogen (secondary N) is 2. The van der Waals surface area contributed by atoms with Crippen molar-refractivity contribution in [2.24, 2.45) is 5.10 Å². The minimum Gasteiger partial charge on any atom is -0.488 e. The Morgan fingerprint density at radius 3 is 2.71 bits per heavy atom. The highest BCUT2D eigenvalue weighted by Gasteiger charge is 2.01. The largest absolute Gasteiger partial charge is 0.488 e. The molecule has 0 fully saturated rings. The molecule has 6 heteroatoms. The van der Waals surface area contributed by atoms with Crippen LogP contribution in [0.3, 0.4) is 0 Å². The van der Waals surface area contributed by atoms with Crippen LogP contribution in [0, 0.1) is 0 Å². The molecular weight excluding hydrogens is 304 g/mol. The number of anilines is 1. The van der Waals surface area contributed by atoms with E-state index < -0.39 is 5.69 Å². The fourth-order valence-electron chi connectivity index (χ4n) is 2.06. The molecule has 0 aliphatic rings. The van der Waals surface area contributed by atoms with E-state index >= 15 is 0 Å². The molecule has 120 valence electrons. The van der Waals surface area contributed by atoms with Crippen molar-refractivity contribution in [3.8, 4) is 5.75 Å². The van der Waals surface area contributed by atoms with Gasteiger partial charge in [0.15, 0.2) is 0 Å². The molecule has 0 aliphatic carbocycles. The van der Waals surface area contributed by atoms with Gasteiger partial charge in [-0.25, -0.2) is 9.78 Å². The Balaban J connectivity index is 1.67. The molecule has 2 aromatic carbocycles. The van der Waals surface area contributed by atoms with Crippen molar-refractivity contribution < 1.29 is 4.74 Å². The summed E-state index contributed by atoms with van der Waals surface area (Å²) in [6, 6.07) is 19.2. The summed E-state index contributed by atoms with van der Waals surface area (Å²) in [4.78, 5) is 17.2. The third-order valence-corrected chi connectivity index (χ3v) is 3.22. The first kappa shape index (κ1) is 15.5. The zero-order valence-electron chi connectivity index (χ0n) is 12.8. The summed E-state index contributed by atoms with van der Waals surface area (Å²) in [6.07, 6.45) is 3.05. The minimum atomic E-state index is -0.429. The van der Waals surface area contributed by atoms with Crippen molar-refractivity contribution in [1.29, 1.82) is 0 Å². The third-order valence-electron chi connectivity index (χ3n) is 3.22. The number of rotatable bonds is 6. The highest BCUT2D eigenvalue weighted by Crippen LogP contribution is 2.17. The molecule has 0 saturated carbocycles. The van der Waals surface area contributed by atoms with E-state index in [9.17, 15) is 4.79 Å². The lowest BCUT2D eigenvalue weighted by atomic mass is 10.2. The van der Waals surface area contributed by atoms with E-state index in [1.165, 1.54) is 6.20 Å². The van der Waals surface area contributed by atoms with Crippen molar-refractivity contribution in [2.75, 3.05) is 5.43 Å². The first-order chi connectivity index (χ1) is 11.8. The molecule has 0 amide bonds. The molecule has 3 rings (SSSR count). The fraction of sp³-hybridized carbons (Fsp3) is 0.0556. The number of H-pyrrole nitrogens is 1. The second kappa shape index (κ2) is 7.73. The zero-order valence-corrected chi connectivity index (χ0v) is 12.8. The van der Waals surface area contributed by atoms with Crippen molar-refractivity contribution in [1.82, 2.24) is 9.97 Å². The maximum absolute atomic E-state index is 11.1. The van der Waals surface area contributed by atoms with Crippen LogP contribution in [-0.2, 0) is 6.61 Å². The van der Waals surface area contributed by atoms with E-state index in [-0.39, 0.29) is 0 Å². The van der Waals surface area contributed by atoms with E-state index in [0.717, 1.165) is 16.9 Å². The van der Waals surface area contributed by atoms with Crippen molar-refractivity contribution >= 4 is 12.0 Å². The van der Waals surface area contributed by atoms with Gasteiger partial charge in [-0.1, -0.05) is 42.5 Å². The maximum atomic E-state index is 11.1. The number of hydrazone groups is 1. The number of hydrogen-bond donors (Lipinski definition) is 2. The molecule has 0 atom stereocenters. The quantitative estimate of drug-likeness (QED) is 0.541. The van der Waals surface area contributed by atoms with Crippen LogP contribution in [0.4, 0.5) is 5.82 Å². The Morgan fingerprint density at radius 1 is 1.08 bits per heavy atom. The highest BCUT2D eigenvalue weighted by atomic mass is 16.5. The number of benzene rings is 2. The number of ether oxygens (including phenoxy) is 1. The first-order valence-electron chi connectivity index (χ1n) is 7.41. The summed E-state index contributed by atoms with van der Waals surface area (Å²) < 4.78 is 5.86. The number of aromatic nitrogens is 2. The average molecular weight is 320 g/mol. The van der Waals surface area contributed by atoms with Crippen molar-refractivity contribution in [2.45, 2.75) is 6.61 Å². The fourth-order valence-corrected chi connectivity index (χ4v) is 2.06. The van der Waals surface area contributed by atoms with Gasteiger partial charge in [0.1, 0.15) is 18.2 Å². The Kier molecular flexibility index (Phi) is 4.99. The van der Waals surface area contributed by atoms with E-state index in [1.807, 2.05) is 54.6 Å². The van der Waals surface area contributed by atoms with Gasteiger partial charge in [0.05, 0.1) is 6.21 Å². The van der Waals surface area contributed by atoms with Gasteiger partial charge in [0, 0.05) is 11.8 Å². The van der Waals surface area contributed by atoms with E-state index in [0.29, 0.717) is 12.4 Å². The van der Waals surface area contributed by atoms with Crippen LogP contribution in [0.1, 0.15) is 11.1 Å². The molecule has 0 bridgehead atoms. The second-order valence-electron chi connectivity index (χ2n) is 4.97. The smallest absolute Gasteiger partial charge is 0.346 e. The Bertz CT molecular complexity index is 875. The molecule has 0 spiro atoms. The van der Waals surface area contributed by atoms with Gasteiger partial charge >= 0.3 is 5.69 Å². The van der Waals surface area contributed by atoms with Crippen LogP contribution in [0.2, 0.25) is 0 Å². The van der Waals surface area contributed by atoms with Gasteiger partial charge in [-0.05, 0) is 23.8 Å².